The summed E-state index contributed by atoms with van der Waals surface area (Å²) in [6, 6.07) is 12.2. The summed E-state index contributed by atoms with van der Waals surface area (Å²) in [5.41, 5.74) is 4.08. The first kappa shape index (κ1) is 25.2. The summed E-state index contributed by atoms with van der Waals surface area (Å²) in [6.07, 6.45) is 2.91. The molecule has 1 aliphatic carbocycles. The van der Waals surface area contributed by atoms with E-state index in [9.17, 15) is 14.4 Å². The molecule has 0 spiro atoms. The highest BCUT2D eigenvalue weighted by atomic mass is 16.5. The second-order valence-corrected chi connectivity index (χ2v) is 9.97. The molecule has 6 heteroatoms. The lowest BCUT2D eigenvalue weighted by Gasteiger charge is -2.42. The molecule has 0 radical (unpaired) electrons. The van der Waals surface area contributed by atoms with Crippen molar-refractivity contribution in [3.05, 3.63) is 82.9 Å². The normalized spacial score (nSPS) is 15.6. The Morgan fingerprint density at radius 3 is 2.12 bits per heavy atom. The third kappa shape index (κ3) is 5.22. The monoisotopic (exact) mass is 463 g/mol. The van der Waals surface area contributed by atoms with Gasteiger partial charge in [0.05, 0.1) is 19.2 Å². The topological polar surface area (TPSA) is 72.9 Å². The number of imide groups is 1. The molecule has 0 N–H and O–H groups in total. The van der Waals surface area contributed by atoms with Crippen LogP contribution >= 0.6 is 0 Å². The van der Waals surface area contributed by atoms with Crippen LogP contribution in [0.15, 0.2) is 55.1 Å². The lowest BCUT2D eigenvalue weighted by molar-refractivity contribution is 0.0548. The van der Waals surface area contributed by atoms with Crippen LogP contribution < -0.4 is 0 Å². The quantitative estimate of drug-likeness (QED) is 0.401. The molecule has 0 aliphatic heterocycles. The number of amides is 2. The van der Waals surface area contributed by atoms with E-state index < -0.39 is 18.0 Å². The van der Waals surface area contributed by atoms with Gasteiger partial charge in [-0.25, -0.2) is 14.5 Å². The summed E-state index contributed by atoms with van der Waals surface area (Å²) in [6.45, 7) is 12.7. The van der Waals surface area contributed by atoms with E-state index in [1.807, 2.05) is 6.07 Å². The van der Waals surface area contributed by atoms with Crippen molar-refractivity contribution in [1.29, 1.82) is 0 Å². The van der Waals surface area contributed by atoms with E-state index in [2.05, 4.69) is 46.4 Å². The Labute approximate surface area is 201 Å². The van der Waals surface area contributed by atoms with E-state index in [0.717, 1.165) is 23.3 Å². The van der Waals surface area contributed by atoms with Gasteiger partial charge in [0.25, 0.3) is 5.91 Å². The fourth-order valence-corrected chi connectivity index (χ4v) is 4.37. The van der Waals surface area contributed by atoms with Gasteiger partial charge in [-0.1, -0.05) is 58.5 Å². The van der Waals surface area contributed by atoms with Crippen LogP contribution in [-0.4, -0.2) is 36.6 Å². The SMILES string of the molecule is C=CCOC(=O)c1ccc(C(=O)N(Cc2ccc3c(c2)C(C)(C)CCC3(C)C)C(=O)OC)cc1. The Kier molecular flexibility index (Phi) is 7.29. The molecule has 2 aromatic carbocycles. The number of rotatable bonds is 6. The number of hydrogen-bond donors (Lipinski definition) is 0. The van der Waals surface area contributed by atoms with Gasteiger partial charge in [-0.2, -0.15) is 0 Å². The van der Waals surface area contributed by atoms with Crippen molar-refractivity contribution in [3.8, 4) is 0 Å². The minimum absolute atomic E-state index is 0.0109. The van der Waals surface area contributed by atoms with E-state index in [4.69, 9.17) is 9.47 Å². The third-order valence-corrected chi connectivity index (χ3v) is 6.60. The van der Waals surface area contributed by atoms with Gasteiger partial charge in [-0.15, -0.1) is 0 Å². The minimum Gasteiger partial charge on any atom is -0.458 e. The maximum atomic E-state index is 13.2. The second-order valence-electron chi connectivity index (χ2n) is 9.97. The molecule has 0 unspecified atom stereocenters. The van der Waals surface area contributed by atoms with Crippen molar-refractivity contribution in [2.45, 2.75) is 57.9 Å². The average molecular weight is 464 g/mol. The summed E-state index contributed by atoms with van der Waals surface area (Å²) in [4.78, 5) is 38.8. The van der Waals surface area contributed by atoms with Gasteiger partial charge >= 0.3 is 12.1 Å². The maximum absolute atomic E-state index is 13.2. The average Bonchev–Trinajstić information content (AvgIpc) is 2.83. The van der Waals surface area contributed by atoms with Crippen molar-refractivity contribution >= 4 is 18.0 Å². The van der Waals surface area contributed by atoms with Gasteiger partial charge in [-0.3, -0.25) is 4.79 Å². The number of nitrogens with zero attached hydrogens (tertiary/aromatic N) is 1. The number of benzene rings is 2. The van der Waals surface area contributed by atoms with Crippen molar-refractivity contribution in [2.75, 3.05) is 13.7 Å². The zero-order valence-corrected chi connectivity index (χ0v) is 20.6. The number of hydrogen-bond acceptors (Lipinski definition) is 5. The Hall–Kier alpha value is -3.41. The van der Waals surface area contributed by atoms with E-state index in [1.54, 1.807) is 0 Å². The Morgan fingerprint density at radius 1 is 0.941 bits per heavy atom. The van der Waals surface area contributed by atoms with Gasteiger partial charge in [0.1, 0.15) is 6.61 Å². The molecule has 2 amide bonds. The van der Waals surface area contributed by atoms with Crippen LogP contribution in [0.4, 0.5) is 4.79 Å². The zero-order chi connectivity index (χ0) is 25.1. The van der Waals surface area contributed by atoms with Crippen molar-refractivity contribution in [3.63, 3.8) is 0 Å². The van der Waals surface area contributed by atoms with E-state index >= 15 is 0 Å². The van der Waals surface area contributed by atoms with Crippen molar-refractivity contribution < 1.29 is 23.9 Å². The number of carbonyl (C=O) groups is 3. The predicted molar refractivity (Wildman–Crippen MR) is 131 cm³/mol. The highest BCUT2D eigenvalue weighted by molar-refractivity contribution is 6.03. The predicted octanol–water partition coefficient (Wildman–Crippen LogP) is 5.79. The van der Waals surface area contributed by atoms with Crippen LogP contribution in [0.5, 0.6) is 0 Å². The molecule has 0 atom stereocenters. The summed E-state index contributed by atoms with van der Waals surface area (Å²) in [7, 11) is 1.25. The molecule has 2 aromatic rings. The van der Waals surface area contributed by atoms with Crippen LogP contribution in [0.1, 0.15) is 77.9 Å². The third-order valence-electron chi connectivity index (χ3n) is 6.60. The van der Waals surface area contributed by atoms with E-state index in [1.165, 1.54) is 48.6 Å². The van der Waals surface area contributed by atoms with Crippen molar-refractivity contribution in [1.82, 2.24) is 4.90 Å². The van der Waals surface area contributed by atoms with Gasteiger partial charge in [-0.05, 0) is 64.6 Å². The van der Waals surface area contributed by atoms with Crippen LogP contribution in [0.3, 0.4) is 0 Å². The lowest BCUT2D eigenvalue weighted by Crippen LogP contribution is -2.37. The largest absolute Gasteiger partial charge is 0.458 e. The number of esters is 1. The minimum atomic E-state index is -0.739. The first-order chi connectivity index (χ1) is 16.0. The van der Waals surface area contributed by atoms with Gasteiger partial charge in [0.2, 0.25) is 0 Å². The molecule has 0 fully saturated rings. The molecule has 0 saturated heterocycles. The van der Waals surface area contributed by atoms with Gasteiger partial charge in [0.15, 0.2) is 0 Å². The highest BCUT2D eigenvalue weighted by Gasteiger charge is 2.37. The van der Waals surface area contributed by atoms with Crippen molar-refractivity contribution in [2.24, 2.45) is 0 Å². The summed E-state index contributed by atoms with van der Waals surface area (Å²) < 4.78 is 9.91. The summed E-state index contributed by atoms with van der Waals surface area (Å²) in [5.74, 6) is -1.02. The Balaban J connectivity index is 1.87. The van der Waals surface area contributed by atoms with Crippen LogP contribution in [-0.2, 0) is 26.8 Å². The first-order valence-corrected chi connectivity index (χ1v) is 11.4. The zero-order valence-electron chi connectivity index (χ0n) is 20.6. The molecule has 6 nitrogen and oxygen atoms in total. The highest BCUT2D eigenvalue weighted by Crippen LogP contribution is 2.46. The van der Waals surface area contributed by atoms with Crippen LogP contribution in [0.25, 0.3) is 0 Å². The standard InChI is InChI=1S/C28H33NO5/c1-7-16-34-25(31)21-11-9-20(10-12-21)24(30)29(26(32)33-6)18-19-8-13-22-23(17-19)28(4,5)15-14-27(22,2)3/h7-13,17H,1,14-16,18H2,2-6H3. The van der Waals surface area contributed by atoms with E-state index in [-0.39, 0.29) is 29.5 Å². The molecule has 0 bridgehead atoms. The number of methoxy groups -OCH3 is 1. The van der Waals surface area contributed by atoms with Gasteiger partial charge < -0.3 is 9.47 Å². The molecular formula is C28H33NO5. The summed E-state index contributed by atoms with van der Waals surface area (Å²) >= 11 is 0. The smallest absolute Gasteiger partial charge is 0.416 e. The van der Waals surface area contributed by atoms with Gasteiger partial charge in [0, 0.05) is 5.56 Å². The fraction of sp³-hybridized carbons (Fsp3) is 0.393. The molecule has 3 rings (SSSR count). The second kappa shape index (κ2) is 9.84. The number of ether oxygens (including phenoxy) is 2. The molecule has 34 heavy (non-hydrogen) atoms. The Morgan fingerprint density at radius 2 is 1.53 bits per heavy atom. The lowest BCUT2D eigenvalue weighted by atomic mass is 9.63. The number of carbonyl (C=O) groups excluding carboxylic acids is 3. The Bertz CT molecular complexity index is 1100. The molecule has 0 heterocycles. The maximum Gasteiger partial charge on any atom is 0.416 e. The van der Waals surface area contributed by atoms with Crippen LogP contribution in [0, 0.1) is 0 Å². The first-order valence-electron chi connectivity index (χ1n) is 11.4. The molecular weight excluding hydrogens is 430 g/mol. The van der Waals surface area contributed by atoms with Crippen LogP contribution in [0.2, 0.25) is 0 Å². The fourth-order valence-electron chi connectivity index (χ4n) is 4.37. The number of fused-ring (bicyclic) bond motifs is 1. The molecule has 0 saturated carbocycles. The summed E-state index contributed by atoms with van der Waals surface area (Å²) in [5, 5.41) is 0. The van der Waals surface area contributed by atoms with E-state index in [0.29, 0.717) is 5.56 Å². The molecule has 0 aromatic heterocycles. The molecule has 1 aliphatic rings. The molecule has 180 valence electrons.